The van der Waals surface area contributed by atoms with E-state index in [9.17, 15) is 5.11 Å². The molecule has 0 aromatic carbocycles. The molecule has 0 aliphatic carbocycles. The first-order valence-electron chi connectivity index (χ1n) is 4.08. The largest absolute Gasteiger partial charge is 0.393 e. The van der Waals surface area contributed by atoms with Crippen molar-refractivity contribution >= 4 is 23.5 Å². The van der Waals surface area contributed by atoms with Crippen LogP contribution in [0.15, 0.2) is 0 Å². The highest BCUT2D eigenvalue weighted by molar-refractivity contribution is 8.18. The molecule has 0 bridgehead atoms. The summed E-state index contributed by atoms with van der Waals surface area (Å²) in [4.78, 5) is 0. The van der Waals surface area contributed by atoms with Gasteiger partial charge in [-0.15, -0.1) is 23.5 Å². The van der Waals surface area contributed by atoms with Crippen molar-refractivity contribution in [3.05, 3.63) is 0 Å². The summed E-state index contributed by atoms with van der Waals surface area (Å²) in [6.45, 7) is 4.12. The molecule has 1 aliphatic rings. The zero-order valence-corrected chi connectivity index (χ0v) is 8.80. The van der Waals surface area contributed by atoms with Crippen molar-refractivity contribution in [3.8, 4) is 0 Å². The first-order valence-corrected chi connectivity index (χ1v) is 6.05. The van der Waals surface area contributed by atoms with Crippen LogP contribution in [0.5, 0.6) is 0 Å². The van der Waals surface area contributed by atoms with Crippen LogP contribution < -0.4 is 0 Å². The molecule has 1 saturated heterocycles. The average Bonchev–Trinajstić information content (AvgIpc) is 1.85. The number of rotatable bonds is 2. The Bertz CT molecular complexity index is 119. The highest BCUT2D eigenvalue weighted by Crippen LogP contribution is 2.44. The van der Waals surface area contributed by atoms with Crippen LogP contribution in [-0.4, -0.2) is 26.8 Å². The van der Waals surface area contributed by atoms with Crippen molar-refractivity contribution < 1.29 is 5.11 Å². The van der Waals surface area contributed by atoms with E-state index in [0.29, 0.717) is 0 Å². The zero-order chi connectivity index (χ0) is 8.32. The van der Waals surface area contributed by atoms with E-state index in [1.165, 1.54) is 17.9 Å². The summed E-state index contributed by atoms with van der Waals surface area (Å²) in [5.74, 6) is 2.52. The van der Waals surface area contributed by atoms with Gasteiger partial charge in [0.25, 0.3) is 0 Å². The number of aliphatic hydroxyl groups is 1. The molecule has 66 valence electrons. The fraction of sp³-hybridized carbons (Fsp3) is 1.00. The van der Waals surface area contributed by atoms with Crippen molar-refractivity contribution in [1.29, 1.82) is 0 Å². The van der Waals surface area contributed by atoms with Crippen LogP contribution in [0.2, 0.25) is 0 Å². The van der Waals surface area contributed by atoms with Gasteiger partial charge in [0.05, 0.1) is 10.2 Å². The first-order chi connectivity index (χ1) is 5.12. The molecular formula is C8H16OS2. The van der Waals surface area contributed by atoms with E-state index in [0.717, 1.165) is 6.42 Å². The van der Waals surface area contributed by atoms with Gasteiger partial charge in [-0.3, -0.25) is 0 Å². The summed E-state index contributed by atoms with van der Waals surface area (Å²) >= 11 is 3.99. The Morgan fingerprint density at radius 1 is 1.45 bits per heavy atom. The molecule has 1 heterocycles. The predicted octanol–water partition coefficient (Wildman–Crippen LogP) is 2.34. The van der Waals surface area contributed by atoms with Crippen LogP contribution >= 0.6 is 23.5 Å². The van der Waals surface area contributed by atoms with Crippen LogP contribution in [0.4, 0.5) is 0 Å². The third kappa shape index (κ3) is 3.26. The van der Waals surface area contributed by atoms with Gasteiger partial charge in [0, 0.05) is 0 Å². The van der Waals surface area contributed by atoms with E-state index < -0.39 is 0 Å². The van der Waals surface area contributed by atoms with Crippen LogP contribution in [0.3, 0.4) is 0 Å². The number of thioether (sulfide) groups is 2. The Kier molecular flexibility index (Phi) is 3.59. The minimum absolute atomic E-state index is 0.155. The highest BCUT2D eigenvalue weighted by Gasteiger charge is 2.29. The fourth-order valence-electron chi connectivity index (χ4n) is 1.33. The third-order valence-corrected chi connectivity index (χ3v) is 5.02. The molecule has 0 aromatic rings. The summed E-state index contributed by atoms with van der Waals surface area (Å²) < 4.78 is 0.284. The van der Waals surface area contributed by atoms with E-state index in [1.807, 2.05) is 30.4 Å². The lowest BCUT2D eigenvalue weighted by Gasteiger charge is -2.33. The molecule has 1 fully saturated rings. The summed E-state index contributed by atoms with van der Waals surface area (Å²) in [7, 11) is 0. The second kappa shape index (κ2) is 4.06. The van der Waals surface area contributed by atoms with Crippen molar-refractivity contribution in [2.75, 3.05) is 11.5 Å². The van der Waals surface area contributed by atoms with Gasteiger partial charge in [-0.1, -0.05) is 0 Å². The van der Waals surface area contributed by atoms with Crippen molar-refractivity contribution in [2.45, 2.75) is 36.9 Å². The molecule has 3 heteroatoms. The average molecular weight is 192 g/mol. The van der Waals surface area contributed by atoms with Crippen LogP contribution in [0, 0.1) is 0 Å². The van der Waals surface area contributed by atoms with Gasteiger partial charge in [-0.2, -0.15) is 0 Å². The Labute approximate surface area is 77.3 Å². The minimum Gasteiger partial charge on any atom is -0.393 e. The van der Waals surface area contributed by atoms with Gasteiger partial charge in [-0.05, 0) is 38.2 Å². The van der Waals surface area contributed by atoms with Crippen LogP contribution in [-0.2, 0) is 0 Å². The molecule has 0 amide bonds. The number of aliphatic hydroxyl groups excluding tert-OH is 1. The van der Waals surface area contributed by atoms with Gasteiger partial charge in [-0.25, -0.2) is 0 Å². The Morgan fingerprint density at radius 2 is 2.00 bits per heavy atom. The van der Waals surface area contributed by atoms with Crippen LogP contribution in [0.1, 0.15) is 26.7 Å². The zero-order valence-electron chi connectivity index (χ0n) is 7.17. The molecule has 1 N–H and O–H groups in total. The van der Waals surface area contributed by atoms with Gasteiger partial charge in [0.2, 0.25) is 0 Å². The smallest absolute Gasteiger partial charge is 0.0607 e. The standard InChI is InChI=1S/C8H16OS2/c1-7(9)6-8(2)10-4-3-5-11-8/h7,9H,3-6H2,1-2H3. The monoisotopic (exact) mass is 192 g/mol. The van der Waals surface area contributed by atoms with Gasteiger partial charge in [0.15, 0.2) is 0 Å². The molecule has 0 radical (unpaired) electrons. The normalized spacial score (nSPS) is 26.5. The van der Waals surface area contributed by atoms with E-state index in [2.05, 4.69) is 6.92 Å². The minimum atomic E-state index is -0.155. The molecule has 0 saturated carbocycles. The lowest BCUT2D eigenvalue weighted by atomic mass is 10.2. The molecule has 0 spiro atoms. The van der Waals surface area contributed by atoms with E-state index in [4.69, 9.17) is 0 Å². The van der Waals surface area contributed by atoms with E-state index >= 15 is 0 Å². The molecule has 0 aromatic heterocycles. The summed E-state index contributed by atoms with van der Waals surface area (Å²) in [5.41, 5.74) is 0. The van der Waals surface area contributed by atoms with Crippen molar-refractivity contribution in [2.24, 2.45) is 0 Å². The first kappa shape index (κ1) is 9.75. The van der Waals surface area contributed by atoms with E-state index in [-0.39, 0.29) is 10.2 Å². The summed E-state index contributed by atoms with van der Waals surface area (Å²) in [6, 6.07) is 0. The quantitative estimate of drug-likeness (QED) is 0.725. The van der Waals surface area contributed by atoms with Crippen molar-refractivity contribution in [3.63, 3.8) is 0 Å². The molecule has 11 heavy (non-hydrogen) atoms. The SMILES string of the molecule is CC(O)CC1(C)SCCCS1. The number of hydrogen-bond donors (Lipinski definition) is 1. The van der Waals surface area contributed by atoms with Gasteiger partial charge >= 0.3 is 0 Å². The predicted molar refractivity (Wildman–Crippen MR) is 54.2 cm³/mol. The molecule has 1 aliphatic heterocycles. The Hall–Kier alpha value is 0.660. The van der Waals surface area contributed by atoms with E-state index in [1.54, 1.807) is 0 Å². The maximum Gasteiger partial charge on any atom is 0.0607 e. The number of hydrogen-bond acceptors (Lipinski definition) is 3. The lowest BCUT2D eigenvalue weighted by molar-refractivity contribution is 0.182. The fourth-order valence-corrected chi connectivity index (χ4v) is 4.51. The van der Waals surface area contributed by atoms with Gasteiger partial charge < -0.3 is 5.11 Å². The molecule has 1 rings (SSSR count). The Morgan fingerprint density at radius 3 is 2.45 bits per heavy atom. The highest BCUT2D eigenvalue weighted by atomic mass is 32.2. The lowest BCUT2D eigenvalue weighted by Crippen LogP contribution is -2.25. The second-order valence-corrected chi connectivity index (χ2v) is 6.69. The molecule has 1 nitrogen and oxygen atoms in total. The molecule has 1 unspecified atom stereocenters. The maximum atomic E-state index is 9.24. The maximum absolute atomic E-state index is 9.24. The summed E-state index contributed by atoms with van der Waals surface area (Å²) in [5, 5.41) is 9.24. The molecule has 1 atom stereocenters. The van der Waals surface area contributed by atoms with Crippen LogP contribution in [0.25, 0.3) is 0 Å². The molecular weight excluding hydrogens is 176 g/mol. The summed E-state index contributed by atoms with van der Waals surface area (Å²) in [6.07, 6.45) is 2.09. The van der Waals surface area contributed by atoms with Gasteiger partial charge in [0.1, 0.15) is 0 Å². The topological polar surface area (TPSA) is 20.2 Å². The Balaban J connectivity index is 2.37. The second-order valence-electron chi connectivity index (χ2n) is 3.24. The van der Waals surface area contributed by atoms with Crippen molar-refractivity contribution in [1.82, 2.24) is 0 Å². The third-order valence-electron chi connectivity index (χ3n) is 1.77.